The molecule has 1 aliphatic carbocycles. The lowest BCUT2D eigenvalue weighted by atomic mass is 9.79. The molecule has 8 rings (SSSR count). The third-order valence-electron chi connectivity index (χ3n) is 10.0. The monoisotopic (exact) mass is 589 g/mol. The van der Waals surface area contributed by atoms with E-state index < -0.39 is 0 Å². The minimum Gasteiger partial charge on any atom is -0.455 e. The Labute approximate surface area is 264 Å². The third kappa shape index (κ3) is 3.86. The quantitative estimate of drug-likeness (QED) is 0.179. The summed E-state index contributed by atoms with van der Waals surface area (Å²) < 4.78 is 9.09. The largest absolute Gasteiger partial charge is 0.455 e. The zero-order valence-corrected chi connectivity index (χ0v) is 27.4. The molecule has 3 nitrogen and oxygen atoms in total. The Bertz CT molecular complexity index is 2440. The Morgan fingerprint density at radius 2 is 1.40 bits per heavy atom. The lowest BCUT2D eigenvalue weighted by Gasteiger charge is -2.26. The van der Waals surface area contributed by atoms with Crippen LogP contribution in [-0.2, 0) is 16.2 Å². The maximum absolute atomic E-state index is 14.1. The second-order valence-electron chi connectivity index (χ2n) is 15.4. The molecule has 0 saturated heterocycles. The standard InChI is InChI=1S/C42H39NO2/c1-40(2,3)24-21-30-38(44)29-18-17-25(23-35(29)45-39(30)32(22-24)41(4,5)6)43-33-16-12-10-14-28(33)36-34(43)20-19-27-26-13-9-11-15-31(26)42(7,8)37(27)36/h9-23H,1-8H3. The van der Waals surface area contributed by atoms with E-state index in [0.29, 0.717) is 21.9 Å². The van der Waals surface area contributed by atoms with Crippen molar-refractivity contribution in [2.75, 3.05) is 0 Å². The predicted molar refractivity (Wildman–Crippen MR) is 189 cm³/mol. The smallest absolute Gasteiger partial charge is 0.200 e. The number of nitrogens with zero attached hydrogens (tertiary/aromatic N) is 1. The van der Waals surface area contributed by atoms with E-state index in [1.807, 2.05) is 12.1 Å². The van der Waals surface area contributed by atoms with Crippen molar-refractivity contribution in [3.05, 3.63) is 123 Å². The van der Waals surface area contributed by atoms with Gasteiger partial charge in [-0.3, -0.25) is 4.79 Å². The number of hydrogen-bond acceptors (Lipinski definition) is 2. The van der Waals surface area contributed by atoms with Crippen molar-refractivity contribution >= 4 is 43.7 Å². The van der Waals surface area contributed by atoms with E-state index >= 15 is 0 Å². The van der Waals surface area contributed by atoms with E-state index in [2.05, 4.69) is 139 Å². The van der Waals surface area contributed by atoms with Crippen LogP contribution < -0.4 is 5.43 Å². The van der Waals surface area contributed by atoms with Gasteiger partial charge in [0.15, 0.2) is 0 Å². The molecule has 224 valence electrons. The van der Waals surface area contributed by atoms with Crippen molar-refractivity contribution in [1.82, 2.24) is 4.57 Å². The van der Waals surface area contributed by atoms with Gasteiger partial charge >= 0.3 is 0 Å². The molecule has 45 heavy (non-hydrogen) atoms. The summed E-state index contributed by atoms with van der Waals surface area (Å²) in [6.07, 6.45) is 0. The van der Waals surface area contributed by atoms with Gasteiger partial charge in [-0.2, -0.15) is 0 Å². The number of fused-ring (bicyclic) bond motifs is 9. The fourth-order valence-electron chi connectivity index (χ4n) is 7.68. The maximum Gasteiger partial charge on any atom is 0.200 e. The Morgan fingerprint density at radius 3 is 2.16 bits per heavy atom. The Hall–Kier alpha value is -4.63. The second kappa shape index (κ2) is 8.97. The molecule has 0 unspecified atom stereocenters. The number of hydrogen-bond donors (Lipinski definition) is 0. The molecule has 0 spiro atoms. The SMILES string of the molecule is CC(C)(C)c1cc(C(C)(C)C)c2oc3cc(-n4c5ccccc5c5c6c(ccc54)-c4ccccc4C6(C)C)ccc3c(=O)c2c1. The minimum atomic E-state index is -0.196. The first kappa shape index (κ1) is 27.9. The van der Waals surface area contributed by atoms with Gasteiger partial charge in [0.25, 0.3) is 0 Å². The molecular formula is C42H39NO2. The topological polar surface area (TPSA) is 35.1 Å². The van der Waals surface area contributed by atoms with Crippen molar-refractivity contribution in [3.63, 3.8) is 0 Å². The van der Waals surface area contributed by atoms with Crippen molar-refractivity contribution in [3.8, 4) is 16.8 Å². The Balaban J connectivity index is 1.43. The minimum absolute atomic E-state index is 0.0222. The first-order valence-electron chi connectivity index (χ1n) is 16.0. The predicted octanol–water partition coefficient (Wildman–Crippen LogP) is 10.9. The summed E-state index contributed by atoms with van der Waals surface area (Å²) in [5, 5.41) is 3.78. The highest BCUT2D eigenvalue weighted by molar-refractivity contribution is 6.14. The van der Waals surface area contributed by atoms with Crippen LogP contribution in [0.2, 0.25) is 0 Å². The highest BCUT2D eigenvalue weighted by atomic mass is 16.3. The summed E-state index contributed by atoms with van der Waals surface area (Å²) in [5.74, 6) is 0. The van der Waals surface area contributed by atoms with E-state index in [1.54, 1.807) is 0 Å². The molecule has 0 bridgehead atoms. The zero-order valence-electron chi connectivity index (χ0n) is 27.4. The highest BCUT2D eigenvalue weighted by Crippen LogP contribution is 2.53. The van der Waals surface area contributed by atoms with Crippen molar-refractivity contribution in [2.24, 2.45) is 0 Å². The lowest BCUT2D eigenvalue weighted by Crippen LogP contribution is -2.18. The summed E-state index contributed by atoms with van der Waals surface area (Å²) in [6, 6.07) is 32.4. The van der Waals surface area contributed by atoms with Crippen LogP contribution in [0.4, 0.5) is 0 Å². The first-order valence-corrected chi connectivity index (χ1v) is 16.0. The molecule has 5 aromatic carbocycles. The third-order valence-corrected chi connectivity index (χ3v) is 10.0. The molecule has 7 aromatic rings. The van der Waals surface area contributed by atoms with Crippen molar-refractivity contribution in [2.45, 2.75) is 71.6 Å². The van der Waals surface area contributed by atoms with Gasteiger partial charge in [-0.05, 0) is 69.0 Å². The molecule has 0 radical (unpaired) electrons. The van der Waals surface area contributed by atoms with E-state index in [1.165, 1.54) is 33.0 Å². The molecule has 3 heteroatoms. The summed E-state index contributed by atoms with van der Waals surface area (Å²) in [4.78, 5) is 14.1. The van der Waals surface area contributed by atoms with Crippen LogP contribution in [0.15, 0.2) is 100 Å². The number of aromatic nitrogens is 1. The summed E-state index contributed by atoms with van der Waals surface area (Å²) in [6.45, 7) is 17.8. The normalized spacial score (nSPS) is 14.5. The summed E-state index contributed by atoms with van der Waals surface area (Å²) >= 11 is 0. The maximum atomic E-state index is 14.1. The lowest BCUT2D eigenvalue weighted by molar-refractivity contribution is 0.557. The van der Waals surface area contributed by atoms with Crippen molar-refractivity contribution < 1.29 is 4.42 Å². The summed E-state index contributed by atoms with van der Waals surface area (Å²) in [5.41, 5.74) is 11.7. The summed E-state index contributed by atoms with van der Waals surface area (Å²) in [7, 11) is 0. The molecular weight excluding hydrogens is 550 g/mol. The average Bonchev–Trinajstić information content (AvgIpc) is 3.44. The van der Waals surface area contributed by atoms with E-state index in [-0.39, 0.29) is 21.7 Å². The van der Waals surface area contributed by atoms with Crippen LogP contribution in [0.3, 0.4) is 0 Å². The van der Waals surface area contributed by atoms with Crippen LogP contribution in [0.5, 0.6) is 0 Å². The average molecular weight is 590 g/mol. The Morgan fingerprint density at radius 1 is 0.667 bits per heavy atom. The van der Waals surface area contributed by atoms with Gasteiger partial charge in [0.2, 0.25) is 5.43 Å². The van der Waals surface area contributed by atoms with Gasteiger partial charge < -0.3 is 8.98 Å². The van der Waals surface area contributed by atoms with Crippen LogP contribution in [-0.4, -0.2) is 4.57 Å². The fraction of sp³-hybridized carbons (Fsp3) is 0.262. The van der Waals surface area contributed by atoms with Crippen LogP contribution >= 0.6 is 0 Å². The second-order valence-corrected chi connectivity index (χ2v) is 15.4. The highest BCUT2D eigenvalue weighted by Gasteiger charge is 2.38. The molecule has 0 amide bonds. The van der Waals surface area contributed by atoms with Crippen LogP contribution in [0.1, 0.15) is 77.6 Å². The number of para-hydroxylation sites is 1. The van der Waals surface area contributed by atoms with Gasteiger partial charge in [0.05, 0.1) is 21.8 Å². The molecule has 0 saturated carbocycles. The number of benzene rings is 5. The van der Waals surface area contributed by atoms with E-state index in [0.717, 1.165) is 27.8 Å². The molecule has 0 N–H and O–H groups in total. The first-order chi connectivity index (χ1) is 21.3. The van der Waals surface area contributed by atoms with E-state index in [4.69, 9.17) is 4.42 Å². The number of rotatable bonds is 1. The fourth-order valence-corrected chi connectivity index (χ4v) is 7.68. The molecule has 0 atom stereocenters. The van der Waals surface area contributed by atoms with Gasteiger partial charge in [0, 0.05) is 33.5 Å². The van der Waals surface area contributed by atoms with Gasteiger partial charge in [-0.25, -0.2) is 0 Å². The Kier molecular flexibility index (Phi) is 5.56. The molecule has 1 aliphatic rings. The molecule has 0 aliphatic heterocycles. The molecule has 2 heterocycles. The van der Waals surface area contributed by atoms with Gasteiger partial charge in [-0.1, -0.05) is 110 Å². The van der Waals surface area contributed by atoms with Gasteiger partial charge in [0.1, 0.15) is 11.2 Å². The van der Waals surface area contributed by atoms with E-state index in [9.17, 15) is 4.79 Å². The van der Waals surface area contributed by atoms with Gasteiger partial charge in [-0.15, -0.1) is 0 Å². The molecule has 2 aromatic heterocycles. The van der Waals surface area contributed by atoms with Crippen molar-refractivity contribution in [1.29, 1.82) is 0 Å². The molecule has 0 fully saturated rings. The zero-order chi connectivity index (χ0) is 31.6. The van der Waals surface area contributed by atoms with Crippen LogP contribution in [0, 0.1) is 0 Å². The van der Waals surface area contributed by atoms with Crippen LogP contribution in [0.25, 0.3) is 60.6 Å².